The summed E-state index contributed by atoms with van der Waals surface area (Å²) in [7, 11) is 0. The van der Waals surface area contributed by atoms with Crippen molar-refractivity contribution in [2.24, 2.45) is 0 Å². The largest absolute Gasteiger partial charge is 0.348 e. The number of hydroxylamine groups is 1. The Labute approximate surface area is 71.8 Å². The molecular formula is C8H15NO3. The maximum atomic E-state index is 8.69. The minimum absolute atomic E-state index is 0.225. The number of ether oxygens (including phenoxy) is 2. The van der Waals surface area contributed by atoms with Crippen LogP contribution in [0.4, 0.5) is 0 Å². The highest BCUT2D eigenvalue weighted by Gasteiger charge is 2.40. The van der Waals surface area contributed by atoms with Gasteiger partial charge in [-0.15, -0.1) is 0 Å². The average molecular weight is 173 g/mol. The zero-order valence-electron chi connectivity index (χ0n) is 7.08. The second-order valence-corrected chi connectivity index (χ2v) is 3.51. The van der Waals surface area contributed by atoms with Crippen molar-refractivity contribution in [3.05, 3.63) is 0 Å². The molecule has 1 aliphatic carbocycles. The van der Waals surface area contributed by atoms with Crippen molar-refractivity contribution in [1.29, 1.82) is 0 Å². The highest BCUT2D eigenvalue weighted by atomic mass is 16.7. The minimum Gasteiger partial charge on any atom is -0.348 e. The van der Waals surface area contributed by atoms with Gasteiger partial charge in [0, 0.05) is 18.9 Å². The van der Waals surface area contributed by atoms with Gasteiger partial charge in [0.1, 0.15) is 0 Å². The normalized spacial score (nSPS) is 29.8. The molecule has 2 aliphatic rings. The average Bonchev–Trinajstić information content (AvgIpc) is 2.55. The number of hydrogen-bond donors (Lipinski definition) is 2. The van der Waals surface area contributed by atoms with Gasteiger partial charge in [0.05, 0.1) is 13.2 Å². The third-order valence-electron chi connectivity index (χ3n) is 2.74. The maximum Gasteiger partial charge on any atom is 0.168 e. The van der Waals surface area contributed by atoms with E-state index in [0.717, 1.165) is 38.9 Å². The van der Waals surface area contributed by atoms with Crippen molar-refractivity contribution >= 4 is 0 Å². The fourth-order valence-electron chi connectivity index (χ4n) is 1.97. The Morgan fingerprint density at radius 1 is 1.17 bits per heavy atom. The van der Waals surface area contributed by atoms with Crippen LogP contribution >= 0.6 is 0 Å². The van der Waals surface area contributed by atoms with Gasteiger partial charge in [-0.05, 0) is 12.8 Å². The Morgan fingerprint density at radius 3 is 2.25 bits per heavy atom. The Kier molecular flexibility index (Phi) is 2.32. The smallest absolute Gasteiger partial charge is 0.168 e. The van der Waals surface area contributed by atoms with Crippen molar-refractivity contribution < 1.29 is 14.7 Å². The van der Waals surface area contributed by atoms with E-state index < -0.39 is 0 Å². The summed E-state index contributed by atoms with van der Waals surface area (Å²) in [5.41, 5.74) is 2.30. The van der Waals surface area contributed by atoms with Crippen molar-refractivity contribution in [2.45, 2.75) is 37.5 Å². The van der Waals surface area contributed by atoms with Gasteiger partial charge in [-0.3, -0.25) is 0 Å². The quantitative estimate of drug-likeness (QED) is 0.572. The molecule has 0 bridgehead atoms. The Balaban J connectivity index is 1.88. The molecule has 0 unspecified atom stereocenters. The van der Waals surface area contributed by atoms with Gasteiger partial charge in [-0.25, -0.2) is 5.48 Å². The van der Waals surface area contributed by atoms with Gasteiger partial charge in [0.25, 0.3) is 0 Å². The van der Waals surface area contributed by atoms with Crippen molar-refractivity contribution in [3.63, 3.8) is 0 Å². The molecule has 0 aromatic heterocycles. The molecule has 12 heavy (non-hydrogen) atoms. The van der Waals surface area contributed by atoms with Crippen LogP contribution in [0, 0.1) is 0 Å². The molecule has 1 saturated carbocycles. The first-order chi connectivity index (χ1) is 5.85. The van der Waals surface area contributed by atoms with Gasteiger partial charge in [0.15, 0.2) is 5.79 Å². The molecule has 2 fully saturated rings. The lowest BCUT2D eigenvalue weighted by atomic mass is 9.90. The van der Waals surface area contributed by atoms with Gasteiger partial charge < -0.3 is 14.7 Å². The Morgan fingerprint density at radius 2 is 1.75 bits per heavy atom. The minimum atomic E-state index is -0.298. The molecule has 0 atom stereocenters. The second kappa shape index (κ2) is 3.30. The predicted octanol–water partition coefficient (Wildman–Crippen LogP) is 0.651. The standard InChI is InChI=1S/C8H15NO3/c10-9-7-1-3-8(4-2-7)11-5-6-12-8/h7,9-10H,1-6H2. The van der Waals surface area contributed by atoms with Crippen LogP contribution in [-0.4, -0.2) is 30.2 Å². The molecule has 4 nitrogen and oxygen atoms in total. The number of rotatable bonds is 1. The molecule has 2 N–H and O–H groups in total. The Hall–Kier alpha value is -0.160. The zero-order valence-corrected chi connectivity index (χ0v) is 7.08. The van der Waals surface area contributed by atoms with E-state index in [-0.39, 0.29) is 11.8 Å². The van der Waals surface area contributed by atoms with Crippen molar-refractivity contribution in [3.8, 4) is 0 Å². The topological polar surface area (TPSA) is 50.7 Å². The summed E-state index contributed by atoms with van der Waals surface area (Å²) < 4.78 is 11.1. The number of nitrogens with one attached hydrogen (secondary N) is 1. The first-order valence-electron chi connectivity index (χ1n) is 4.52. The molecule has 1 aliphatic heterocycles. The van der Waals surface area contributed by atoms with Crippen LogP contribution in [0.5, 0.6) is 0 Å². The van der Waals surface area contributed by atoms with Crippen LogP contribution in [0.1, 0.15) is 25.7 Å². The van der Waals surface area contributed by atoms with E-state index in [9.17, 15) is 0 Å². The van der Waals surface area contributed by atoms with E-state index in [1.165, 1.54) is 0 Å². The van der Waals surface area contributed by atoms with E-state index >= 15 is 0 Å². The van der Waals surface area contributed by atoms with Crippen molar-refractivity contribution in [1.82, 2.24) is 5.48 Å². The van der Waals surface area contributed by atoms with Gasteiger partial charge >= 0.3 is 0 Å². The van der Waals surface area contributed by atoms with E-state index in [2.05, 4.69) is 5.48 Å². The lowest BCUT2D eigenvalue weighted by Gasteiger charge is -2.34. The monoisotopic (exact) mass is 173 g/mol. The molecule has 1 heterocycles. The maximum absolute atomic E-state index is 8.69. The highest BCUT2D eigenvalue weighted by molar-refractivity contribution is 4.83. The zero-order chi connectivity index (χ0) is 8.44. The first-order valence-corrected chi connectivity index (χ1v) is 4.52. The third-order valence-corrected chi connectivity index (χ3v) is 2.74. The summed E-state index contributed by atoms with van der Waals surface area (Å²) in [6.45, 7) is 1.44. The predicted molar refractivity (Wildman–Crippen MR) is 41.8 cm³/mol. The fraction of sp³-hybridized carbons (Fsp3) is 1.00. The van der Waals surface area contributed by atoms with Crippen LogP contribution in [0.25, 0.3) is 0 Å². The second-order valence-electron chi connectivity index (χ2n) is 3.51. The van der Waals surface area contributed by atoms with E-state index in [0.29, 0.717) is 0 Å². The molecule has 2 rings (SSSR count). The molecule has 1 saturated heterocycles. The molecule has 0 amide bonds. The lowest BCUT2D eigenvalue weighted by Crippen LogP contribution is -2.41. The van der Waals surface area contributed by atoms with Crippen LogP contribution in [0.3, 0.4) is 0 Å². The molecule has 0 radical (unpaired) electrons. The number of hydrogen-bond acceptors (Lipinski definition) is 4. The summed E-state index contributed by atoms with van der Waals surface area (Å²) in [6, 6.07) is 0.225. The summed E-state index contributed by atoms with van der Waals surface area (Å²) >= 11 is 0. The van der Waals surface area contributed by atoms with E-state index in [1.807, 2.05) is 0 Å². The van der Waals surface area contributed by atoms with Crippen LogP contribution < -0.4 is 5.48 Å². The van der Waals surface area contributed by atoms with E-state index in [4.69, 9.17) is 14.7 Å². The van der Waals surface area contributed by atoms with Crippen LogP contribution in [-0.2, 0) is 9.47 Å². The summed E-state index contributed by atoms with van der Waals surface area (Å²) in [5.74, 6) is -0.298. The van der Waals surface area contributed by atoms with Gasteiger partial charge in [-0.2, -0.15) is 0 Å². The molecule has 70 valence electrons. The first kappa shape index (κ1) is 8.44. The Bertz CT molecular complexity index is 146. The lowest BCUT2D eigenvalue weighted by molar-refractivity contribution is -0.182. The SMILES string of the molecule is ONC1CCC2(CC1)OCCO2. The molecular weight excluding hydrogens is 158 g/mol. The van der Waals surface area contributed by atoms with Gasteiger partial charge in [0.2, 0.25) is 0 Å². The summed E-state index contributed by atoms with van der Waals surface area (Å²) in [4.78, 5) is 0. The summed E-state index contributed by atoms with van der Waals surface area (Å²) in [5, 5.41) is 8.69. The van der Waals surface area contributed by atoms with Crippen LogP contribution in [0.15, 0.2) is 0 Å². The van der Waals surface area contributed by atoms with Crippen molar-refractivity contribution in [2.75, 3.05) is 13.2 Å². The van der Waals surface area contributed by atoms with Crippen LogP contribution in [0.2, 0.25) is 0 Å². The third kappa shape index (κ3) is 1.47. The molecule has 0 aromatic carbocycles. The molecule has 1 spiro atoms. The molecule has 0 aromatic rings. The molecule has 4 heteroatoms. The highest BCUT2D eigenvalue weighted by Crippen LogP contribution is 2.35. The summed E-state index contributed by atoms with van der Waals surface area (Å²) in [6.07, 6.45) is 3.64. The van der Waals surface area contributed by atoms with E-state index in [1.54, 1.807) is 0 Å². The van der Waals surface area contributed by atoms with Gasteiger partial charge in [-0.1, -0.05) is 0 Å². The fourth-order valence-corrected chi connectivity index (χ4v) is 1.97.